The molecule has 156 valence electrons. The van der Waals surface area contributed by atoms with Crippen LogP contribution in [0.1, 0.15) is 5.56 Å². The van der Waals surface area contributed by atoms with Crippen LogP contribution >= 0.6 is 35.0 Å². The number of rotatable bonds is 6. The smallest absolute Gasteiger partial charge is 0.262 e. The Morgan fingerprint density at radius 1 is 1.03 bits per heavy atom. The Hall–Kier alpha value is -2.87. The zero-order valence-corrected chi connectivity index (χ0v) is 18.4. The van der Waals surface area contributed by atoms with Gasteiger partial charge in [0.15, 0.2) is 10.3 Å². The zero-order chi connectivity index (χ0) is 21.8. The summed E-state index contributed by atoms with van der Waals surface area (Å²) in [6, 6.07) is 17.8. The monoisotopic (exact) mass is 470 g/mol. The van der Waals surface area contributed by atoms with E-state index in [-0.39, 0.29) is 28.9 Å². The van der Waals surface area contributed by atoms with Crippen molar-refractivity contribution in [3.8, 4) is 0 Å². The van der Waals surface area contributed by atoms with E-state index >= 15 is 0 Å². The number of halogens is 2. The van der Waals surface area contributed by atoms with Crippen LogP contribution in [0, 0.1) is 0 Å². The minimum absolute atomic E-state index is 0.0402. The molecule has 0 saturated heterocycles. The summed E-state index contributed by atoms with van der Waals surface area (Å²) in [4.78, 5) is 34.2. The molecule has 9 heteroatoms. The van der Waals surface area contributed by atoms with E-state index in [0.717, 1.165) is 5.56 Å². The van der Waals surface area contributed by atoms with E-state index in [4.69, 9.17) is 23.2 Å². The molecule has 31 heavy (non-hydrogen) atoms. The van der Waals surface area contributed by atoms with Gasteiger partial charge < -0.3 is 5.32 Å². The van der Waals surface area contributed by atoms with Crippen molar-refractivity contribution in [2.24, 2.45) is 0 Å². The Labute approximate surface area is 192 Å². The summed E-state index contributed by atoms with van der Waals surface area (Å²) in [6.07, 6.45) is 1.54. The van der Waals surface area contributed by atoms with Crippen molar-refractivity contribution in [1.29, 1.82) is 0 Å². The maximum absolute atomic E-state index is 13.2. The van der Waals surface area contributed by atoms with Gasteiger partial charge in [0.1, 0.15) is 0 Å². The SMILES string of the molecule is O=C(CSc1nc2ccccc2c(=O)n1Cc1ccccc1Cl)Nc1cccnc1Cl. The maximum atomic E-state index is 13.2. The number of carbonyl (C=O) groups is 1. The van der Waals surface area contributed by atoms with Gasteiger partial charge in [-0.05, 0) is 35.9 Å². The molecule has 0 radical (unpaired) electrons. The first-order chi connectivity index (χ1) is 15.0. The van der Waals surface area contributed by atoms with Gasteiger partial charge in [-0.2, -0.15) is 0 Å². The van der Waals surface area contributed by atoms with Gasteiger partial charge in [-0.25, -0.2) is 9.97 Å². The average molecular weight is 471 g/mol. The molecule has 0 aliphatic heterocycles. The largest absolute Gasteiger partial charge is 0.323 e. The minimum atomic E-state index is -0.286. The maximum Gasteiger partial charge on any atom is 0.262 e. The lowest BCUT2D eigenvalue weighted by Crippen LogP contribution is -2.25. The van der Waals surface area contributed by atoms with Crippen molar-refractivity contribution < 1.29 is 4.79 Å². The fourth-order valence-electron chi connectivity index (χ4n) is 2.99. The number of benzene rings is 2. The molecule has 0 aliphatic carbocycles. The number of thioether (sulfide) groups is 1. The van der Waals surface area contributed by atoms with Crippen LogP contribution < -0.4 is 10.9 Å². The van der Waals surface area contributed by atoms with E-state index in [1.807, 2.05) is 24.3 Å². The Kier molecular flexibility index (Phi) is 6.56. The lowest BCUT2D eigenvalue weighted by molar-refractivity contribution is -0.113. The second-order valence-corrected chi connectivity index (χ2v) is 8.28. The van der Waals surface area contributed by atoms with Crippen LogP contribution in [0.5, 0.6) is 0 Å². The molecule has 0 atom stereocenters. The number of para-hydroxylation sites is 1. The van der Waals surface area contributed by atoms with Crippen LogP contribution in [0.25, 0.3) is 10.9 Å². The summed E-state index contributed by atoms with van der Waals surface area (Å²) >= 11 is 13.5. The normalized spacial score (nSPS) is 10.9. The minimum Gasteiger partial charge on any atom is -0.323 e. The number of nitrogens with zero attached hydrogens (tertiary/aromatic N) is 3. The second kappa shape index (κ2) is 9.51. The lowest BCUT2D eigenvalue weighted by Gasteiger charge is -2.14. The van der Waals surface area contributed by atoms with Gasteiger partial charge in [0.05, 0.1) is 28.9 Å². The van der Waals surface area contributed by atoms with E-state index in [9.17, 15) is 9.59 Å². The summed E-state index contributed by atoms with van der Waals surface area (Å²) in [5.41, 5.74) is 1.59. The molecule has 6 nitrogen and oxygen atoms in total. The van der Waals surface area contributed by atoms with Crippen molar-refractivity contribution in [3.05, 3.63) is 93.0 Å². The fourth-order valence-corrected chi connectivity index (χ4v) is 4.15. The van der Waals surface area contributed by atoms with Gasteiger partial charge in [-0.15, -0.1) is 0 Å². The molecular formula is C22H16Cl2N4O2S. The third kappa shape index (κ3) is 4.90. The van der Waals surface area contributed by atoms with Crippen molar-refractivity contribution in [3.63, 3.8) is 0 Å². The van der Waals surface area contributed by atoms with E-state index in [1.54, 1.807) is 47.2 Å². The topological polar surface area (TPSA) is 76.9 Å². The Balaban J connectivity index is 1.64. The molecule has 0 unspecified atom stereocenters. The standard InChI is InChI=1S/C22H16Cl2N4O2S/c23-16-8-3-1-6-14(16)12-28-21(30)15-7-2-4-9-17(15)27-22(28)31-13-19(29)26-18-10-5-11-25-20(18)24/h1-11H,12-13H2,(H,26,29). The molecular weight excluding hydrogens is 455 g/mol. The highest BCUT2D eigenvalue weighted by molar-refractivity contribution is 7.99. The van der Waals surface area contributed by atoms with Crippen LogP contribution in [-0.4, -0.2) is 26.2 Å². The summed E-state index contributed by atoms with van der Waals surface area (Å²) in [7, 11) is 0. The Morgan fingerprint density at radius 3 is 2.61 bits per heavy atom. The van der Waals surface area contributed by atoms with Crippen LogP contribution in [0.3, 0.4) is 0 Å². The van der Waals surface area contributed by atoms with Gasteiger partial charge >= 0.3 is 0 Å². The molecule has 2 aromatic heterocycles. The number of nitrogens with one attached hydrogen (secondary N) is 1. The average Bonchev–Trinajstić information content (AvgIpc) is 2.77. The Morgan fingerprint density at radius 2 is 1.81 bits per heavy atom. The third-order valence-electron chi connectivity index (χ3n) is 4.48. The van der Waals surface area contributed by atoms with E-state index in [2.05, 4.69) is 15.3 Å². The number of fused-ring (bicyclic) bond motifs is 1. The number of amides is 1. The number of hydrogen-bond acceptors (Lipinski definition) is 5. The van der Waals surface area contributed by atoms with Crippen LogP contribution in [-0.2, 0) is 11.3 Å². The lowest BCUT2D eigenvalue weighted by atomic mass is 10.2. The summed E-state index contributed by atoms with van der Waals surface area (Å²) in [5.74, 6) is -0.245. The van der Waals surface area contributed by atoms with Gasteiger partial charge in [-0.1, -0.05) is 65.3 Å². The van der Waals surface area contributed by atoms with Gasteiger partial charge in [-0.3, -0.25) is 14.2 Å². The number of anilines is 1. The van der Waals surface area contributed by atoms with E-state index in [0.29, 0.717) is 26.8 Å². The van der Waals surface area contributed by atoms with Gasteiger partial charge in [0.25, 0.3) is 5.56 Å². The quantitative estimate of drug-likeness (QED) is 0.247. The summed E-state index contributed by atoms with van der Waals surface area (Å²) in [6.45, 7) is 0.245. The Bertz CT molecular complexity index is 1330. The van der Waals surface area contributed by atoms with Gasteiger partial charge in [0, 0.05) is 11.2 Å². The van der Waals surface area contributed by atoms with Crippen molar-refractivity contribution in [1.82, 2.24) is 14.5 Å². The molecule has 4 aromatic rings. The highest BCUT2D eigenvalue weighted by Gasteiger charge is 2.15. The summed E-state index contributed by atoms with van der Waals surface area (Å²) < 4.78 is 1.54. The molecule has 2 aromatic carbocycles. The van der Waals surface area contributed by atoms with Gasteiger partial charge in [0.2, 0.25) is 5.91 Å². The van der Waals surface area contributed by atoms with Crippen LogP contribution in [0.2, 0.25) is 10.2 Å². The third-order valence-corrected chi connectivity index (χ3v) is 6.12. The molecule has 0 saturated carbocycles. The summed E-state index contributed by atoms with van der Waals surface area (Å²) in [5, 5.41) is 4.42. The number of carbonyl (C=O) groups excluding carboxylic acids is 1. The van der Waals surface area contributed by atoms with Crippen LogP contribution in [0.4, 0.5) is 5.69 Å². The molecule has 0 spiro atoms. The van der Waals surface area contributed by atoms with Crippen molar-refractivity contribution in [2.75, 3.05) is 11.1 Å². The molecule has 1 amide bonds. The molecule has 1 N–H and O–H groups in total. The van der Waals surface area contributed by atoms with Crippen molar-refractivity contribution >= 4 is 57.5 Å². The predicted molar refractivity (Wildman–Crippen MR) is 125 cm³/mol. The highest BCUT2D eigenvalue weighted by atomic mass is 35.5. The number of hydrogen-bond donors (Lipinski definition) is 1. The zero-order valence-electron chi connectivity index (χ0n) is 16.1. The number of aromatic nitrogens is 3. The first kappa shape index (κ1) is 21.4. The predicted octanol–water partition coefficient (Wildman–Crippen LogP) is 4.88. The van der Waals surface area contributed by atoms with E-state index < -0.39 is 0 Å². The second-order valence-electron chi connectivity index (χ2n) is 6.57. The molecule has 2 heterocycles. The van der Waals surface area contributed by atoms with Crippen LogP contribution in [0.15, 0.2) is 76.8 Å². The highest BCUT2D eigenvalue weighted by Crippen LogP contribution is 2.23. The first-order valence-corrected chi connectivity index (χ1v) is 11.0. The molecule has 0 bridgehead atoms. The number of pyridine rings is 1. The first-order valence-electron chi connectivity index (χ1n) is 9.29. The molecule has 0 fully saturated rings. The molecule has 4 rings (SSSR count). The fraction of sp³-hybridized carbons (Fsp3) is 0.0909. The van der Waals surface area contributed by atoms with E-state index in [1.165, 1.54) is 11.8 Å². The van der Waals surface area contributed by atoms with Crippen molar-refractivity contribution in [2.45, 2.75) is 11.7 Å². The molecule has 0 aliphatic rings.